The van der Waals surface area contributed by atoms with E-state index in [-0.39, 0.29) is 9.80 Å². The second-order valence-electron chi connectivity index (χ2n) is 3.58. The predicted octanol–water partition coefficient (Wildman–Crippen LogP) is 3.28. The molecule has 0 bridgehead atoms. The summed E-state index contributed by atoms with van der Waals surface area (Å²) in [6, 6.07) is 11.6. The quantitative estimate of drug-likeness (QED) is 0.792. The Kier molecular flexibility index (Phi) is 3.48. The van der Waals surface area contributed by atoms with Gasteiger partial charge in [-0.15, -0.1) is 0 Å². The maximum atomic E-state index is 12.3. The number of hydrogen-bond donors (Lipinski definition) is 0. The highest BCUT2D eigenvalue weighted by molar-refractivity contribution is 7.95. The summed E-state index contributed by atoms with van der Waals surface area (Å²) in [5, 5.41) is 0. The maximum Gasteiger partial charge on any atom is 0.206 e. The Morgan fingerprint density at radius 3 is 2.39 bits per heavy atom. The summed E-state index contributed by atoms with van der Waals surface area (Å²) in [6.45, 7) is 3.54. The van der Waals surface area contributed by atoms with Gasteiger partial charge < -0.3 is 4.42 Å². The second-order valence-corrected chi connectivity index (χ2v) is 5.53. The molecule has 0 N–H and O–H groups in total. The summed E-state index contributed by atoms with van der Waals surface area (Å²) in [5.41, 5.74) is 0. The third-order valence-corrected chi connectivity index (χ3v) is 4.19. The lowest BCUT2D eigenvalue weighted by molar-refractivity contribution is 0.556. The Bertz CT molecular complexity index is 650. The molecule has 4 heteroatoms. The van der Waals surface area contributed by atoms with Crippen LogP contribution in [0.1, 0.15) is 5.76 Å². The van der Waals surface area contributed by atoms with Crippen molar-refractivity contribution in [2.75, 3.05) is 0 Å². The highest BCUT2D eigenvalue weighted by Gasteiger charge is 2.18. The van der Waals surface area contributed by atoms with Crippen molar-refractivity contribution < 1.29 is 12.8 Å². The Labute approximate surface area is 106 Å². The van der Waals surface area contributed by atoms with Crippen molar-refractivity contribution in [3.8, 4) is 0 Å². The van der Waals surface area contributed by atoms with E-state index in [0.29, 0.717) is 5.76 Å². The van der Waals surface area contributed by atoms with Gasteiger partial charge in [0.2, 0.25) is 9.84 Å². The third-order valence-electron chi connectivity index (χ3n) is 2.39. The normalized spacial score (nSPS) is 12.3. The first-order valence-electron chi connectivity index (χ1n) is 5.32. The lowest BCUT2D eigenvalue weighted by atomic mass is 10.4. The number of rotatable bonds is 4. The van der Waals surface area contributed by atoms with E-state index in [1.807, 2.05) is 0 Å². The molecule has 1 aromatic heterocycles. The molecule has 3 nitrogen and oxygen atoms in total. The minimum Gasteiger partial charge on any atom is -0.465 e. The summed E-state index contributed by atoms with van der Waals surface area (Å²) in [5.74, 6) is 0.476. The van der Waals surface area contributed by atoms with Gasteiger partial charge in [-0.2, -0.15) is 0 Å². The fourth-order valence-electron chi connectivity index (χ4n) is 1.50. The predicted molar refractivity (Wildman–Crippen MR) is 70.5 cm³/mol. The topological polar surface area (TPSA) is 47.3 Å². The van der Waals surface area contributed by atoms with Crippen LogP contribution in [0.3, 0.4) is 0 Å². The molecule has 0 aliphatic carbocycles. The monoisotopic (exact) mass is 260 g/mol. The van der Waals surface area contributed by atoms with Gasteiger partial charge in [0.05, 0.1) is 16.1 Å². The summed E-state index contributed by atoms with van der Waals surface area (Å²) in [4.78, 5) is 0.353. The summed E-state index contributed by atoms with van der Waals surface area (Å²) in [7, 11) is -3.54. The molecule has 1 aromatic carbocycles. The molecule has 0 saturated carbocycles. The van der Waals surface area contributed by atoms with Crippen LogP contribution in [-0.4, -0.2) is 8.42 Å². The van der Waals surface area contributed by atoms with Gasteiger partial charge in [-0.05, 0) is 30.3 Å². The molecule has 0 atom stereocenters. The first kappa shape index (κ1) is 12.4. The van der Waals surface area contributed by atoms with Crippen molar-refractivity contribution >= 4 is 15.9 Å². The maximum absolute atomic E-state index is 12.3. The van der Waals surface area contributed by atoms with Gasteiger partial charge in [0.15, 0.2) is 0 Å². The average molecular weight is 260 g/mol. The SMILES string of the molecule is C=C/C(=C/c1ccco1)S(=O)(=O)c1ccccc1. The standard InChI is InChI=1S/C14H12O3S/c1-2-13(11-12-7-6-10-17-12)18(15,16)14-8-4-3-5-9-14/h2-11H,1H2/b13-11-. The highest BCUT2D eigenvalue weighted by atomic mass is 32.2. The Balaban J connectivity index is 2.49. The van der Waals surface area contributed by atoms with Crippen molar-refractivity contribution in [2.45, 2.75) is 4.90 Å². The number of sulfone groups is 1. The fraction of sp³-hybridized carbons (Fsp3) is 0. The van der Waals surface area contributed by atoms with E-state index in [0.717, 1.165) is 0 Å². The molecule has 0 radical (unpaired) electrons. The van der Waals surface area contributed by atoms with Crippen LogP contribution in [0.5, 0.6) is 0 Å². The molecule has 0 unspecified atom stereocenters. The third kappa shape index (κ3) is 2.43. The Hall–Kier alpha value is -2.07. The lowest BCUT2D eigenvalue weighted by Crippen LogP contribution is -2.02. The number of allylic oxidation sites excluding steroid dienone is 1. The Morgan fingerprint density at radius 1 is 1.11 bits per heavy atom. The summed E-state index contributed by atoms with van der Waals surface area (Å²) >= 11 is 0. The zero-order valence-electron chi connectivity index (χ0n) is 9.61. The molecule has 0 aliphatic rings. The number of hydrogen-bond acceptors (Lipinski definition) is 3. The van der Waals surface area contributed by atoms with Crippen molar-refractivity contribution in [1.82, 2.24) is 0 Å². The van der Waals surface area contributed by atoms with Gasteiger partial charge in [-0.25, -0.2) is 8.42 Å². The largest absolute Gasteiger partial charge is 0.465 e. The van der Waals surface area contributed by atoms with Crippen LogP contribution in [0, 0.1) is 0 Å². The smallest absolute Gasteiger partial charge is 0.206 e. The minimum atomic E-state index is -3.54. The van der Waals surface area contributed by atoms with Gasteiger partial charge in [0, 0.05) is 0 Å². The van der Waals surface area contributed by atoms with Crippen LogP contribution in [-0.2, 0) is 9.84 Å². The molecule has 0 fully saturated rings. The van der Waals surface area contributed by atoms with E-state index in [1.54, 1.807) is 42.5 Å². The number of benzene rings is 1. The van der Waals surface area contributed by atoms with E-state index in [4.69, 9.17) is 4.42 Å². The van der Waals surface area contributed by atoms with Gasteiger partial charge in [-0.1, -0.05) is 30.9 Å². The van der Waals surface area contributed by atoms with Crippen LogP contribution in [0.4, 0.5) is 0 Å². The van der Waals surface area contributed by atoms with E-state index >= 15 is 0 Å². The lowest BCUT2D eigenvalue weighted by Gasteiger charge is -2.04. The van der Waals surface area contributed by atoms with Crippen LogP contribution in [0.25, 0.3) is 6.08 Å². The highest BCUT2D eigenvalue weighted by Crippen LogP contribution is 2.22. The molecule has 18 heavy (non-hydrogen) atoms. The average Bonchev–Trinajstić information content (AvgIpc) is 2.89. The molecule has 1 heterocycles. The molecule has 0 aliphatic heterocycles. The van der Waals surface area contributed by atoms with E-state index < -0.39 is 9.84 Å². The van der Waals surface area contributed by atoms with Gasteiger partial charge >= 0.3 is 0 Å². The minimum absolute atomic E-state index is 0.114. The van der Waals surface area contributed by atoms with E-state index in [9.17, 15) is 8.42 Å². The van der Waals surface area contributed by atoms with Crippen LogP contribution in [0.15, 0.2) is 75.6 Å². The first-order valence-corrected chi connectivity index (χ1v) is 6.80. The zero-order chi connectivity index (χ0) is 13.0. The number of furan rings is 1. The molecule has 92 valence electrons. The van der Waals surface area contributed by atoms with Crippen molar-refractivity contribution in [3.63, 3.8) is 0 Å². The van der Waals surface area contributed by atoms with Crippen LogP contribution in [0.2, 0.25) is 0 Å². The second kappa shape index (κ2) is 5.06. The molecule has 0 amide bonds. The molecule has 2 rings (SSSR count). The van der Waals surface area contributed by atoms with E-state index in [2.05, 4.69) is 6.58 Å². The molecule has 2 aromatic rings. The fourth-order valence-corrected chi connectivity index (χ4v) is 2.77. The summed E-state index contributed by atoms with van der Waals surface area (Å²) in [6.07, 6.45) is 4.25. The van der Waals surface area contributed by atoms with E-state index in [1.165, 1.54) is 18.4 Å². The molecular weight excluding hydrogens is 248 g/mol. The van der Waals surface area contributed by atoms with Crippen molar-refractivity contribution in [1.29, 1.82) is 0 Å². The van der Waals surface area contributed by atoms with Crippen molar-refractivity contribution in [2.24, 2.45) is 0 Å². The first-order chi connectivity index (χ1) is 8.64. The van der Waals surface area contributed by atoms with Gasteiger partial charge in [0.25, 0.3) is 0 Å². The zero-order valence-corrected chi connectivity index (χ0v) is 10.4. The van der Waals surface area contributed by atoms with Gasteiger partial charge in [-0.3, -0.25) is 0 Å². The molecule has 0 saturated heterocycles. The van der Waals surface area contributed by atoms with Gasteiger partial charge in [0.1, 0.15) is 5.76 Å². The summed E-state index contributed by atoms with van der Waals surface area (Å²) < 4.78 is 29.7. The molecular formula is C14H12O3S. The molecule has 0 spiro atoms. The van der Waals surface area contributed by atoms with Crippen LogP contribution < -0.4 is 0 Å². The van der Waals surface area contributed by atoms with Crippen LogP contribution >= 0.6 is 0 Å². The van der Waals surface area contributed by atoms with Crippen molar-refractivity contribution in [3.05, 3.63) is 72.0 Å². The Morgan fingerprint density at radius 2 is 1.83 bits per heavy atom.